The molecule has 3 rings (SSSR count). The summed E-state index contributed by atoms with van der Waals surface area (Å²) >= 11 is 0. The molecule has 2 aromatic carbocycles. The summed E-state index contributed by atoms with van der Waals surface area (Å²) in [4.78, 5) is 12.1. The normalized spacial score (nSPS) is 11.2. The number of benzene rings is 2. The lowest BCUT2D eigenvalue weighted by molar-refractivity contribution is -0.120. The number of hydrazone groups is 1. The average Bonchev–Trinajstić information content (AvgIpc) is 3.02. The van der Waals surface area contributed by atoms with Gasteiger partial charge in [-0.3, -0.25) is 4.79 Å². The maximum Gasteiger partial charge on any atom is 0.244 e. The highest BCUT2D eigenvalue weighted by Gasteiger charge is 2.06. The van der Waals surface area contributed by atoms with E-state index >= 15 is 0 Å². The number of ether oxygens (including phenoxy) is 1. The Kier molecular flexibility index (Phi) is 5.69. The van der Waals surface area contributed by atoms with E-state index in [9.17, 15) is 4.79 Å². The summed E-state index contributed by atoms with van der Waals surface area (Å²) in [6.07, 6.45) is 4.03. The highest BCUT2D eigenvalue weighted by Crippen LogP contribution is 2.19. The number of aromatic nitrogens is 1. The molecule has 3 aromatic rings. The number of carbonyl (C=O) groups excluding carboxylic acids is 1. The van der Waals surface area contributed by atoms with Gasteiger partial charge in [0.25, 0.3) is 0 Å². The van der Waals surface area contributed by atoms with Crippen LogP contribution in [0, 0.1) is 0 Å². The number of nitrogens with one attached hydrogen (secondary N) is 1. The fourth-order valence-electron chi connectivity index (χ4n) is 2.91. The van der Waals surface area contributed by atoms with E-state index in [1.165, 1.54) is 0 Å². The Balaban J connectivity index is 1.62. The third-order valence-corrected chi connectivity index (χ3v) is 4.15. The third-order valence-electron chi connectivity index (χ3n) is 4.15. The van der Waals surface area contributed by atoms with Crippen molar-refractivity contribution in [3.8, 4) is 5.75 Å². The number of carbonyl (C=O) groups is 1. The van der Waals surface area contributed by atoms with Crippen molar-refractivity contribution in [2.24, 2.45) is 5.10 Å². The highest BCUT2D eigenvalue weighted by atomic mass is 16.5. The number of aryl methyl sites for hydroxylation is 1. The van der Waals surface area contributed by atoms with Gasteiger partial charge in [-0.1, -0.05) is 30.3 Å². The fourth-order valence-corrected chi connectivity index (χ4v) is 2.91. The molecule has 26 heavy (non-hydrogen) atoms. The van der Waals surface area contributed by atoms with Crippen LogP contribution in [-0.4, -0.2) is 23.3 Å². The molecule has 0 radical (unpaired) electrons. The summed E-state index contributed by atoms with van der Waals surface area (Å²) in [6, 6.07) is 15.7. The first-order valence-electron chi connectivity index (χ1n) is 8.82. The maximum atomic E-state index is 12.1. The molecule has 1 amide bonds. The summed E-state index contributed by atoms with van der Waals surface area (Å²) < 4.78 is 7.57. The van der Waals surface area contributed by atoms with Crippen molar-refractivity contribution in [3.63, 3.8) is 0 Å². The van der Waals surface area contributed by atoms with Crippen LogP contribution in [0.1, 0.15) is 25.0 Å². The zero-order chi connectivity index (χ0) is 18.4. The average molecular weight is 349 g/mol. The van der Waals surface area contributed by atoms with E-state index in [2.05, 4.69) is 34.2 Å². The molecule has 0 saturated heterocycles. The number of fused-ring (bicyclic) bond motifs is 1. The molecular formula is C21H23N3O2. The van der Waals surface area contributed by atoms with E-state index in [4.69, 9.17) is 4.74 Å². The summed E-state index contributed by atoms with van der Waals surface area (Å²) in [5.41, 5.74) is 5.68. The van der Waals surface area contributed by atoms with Gasteiger partial charge in [0.1, 0.15) is 5.75 Å². The Morgan fingerprint density at radius 2 is 1.92 bits per heavy atom. The predicted molar refractivity (Wildman–Crippen MR) is 105 cm³/mol. The molecule has 0 saturated carbocycles. The largest absolute Gasteiger partial charge is 0.494 e. The molecule has 0 aliphatic rings. The molecule has 0 unspecified atom stereocenters. The van der Waals surface area contributed by atoms with Gasteiger partial charge >= 0.3 is 0 Å². The lowest BCUT2D eigenvalue weighted by atomic mass is 10.1. The molecule has 1 N–H and O–H groups in total. The van der Waals surface area contributed by atoms with E-state index in [0.717, 1.165) is 34.3 Å². The minimum Gasteiger partial charge on any atom is -0.494 e. The molecule has 0 aliphatic carbocycles. The molecule has 1 aromatic heterocycles. The second-order valence-corrected chi connectivity index (χ2v) is 5.93. The minimum absolute atomic E-state index is 0.148. The van der Waals surface area contributed by atoms with E-state index in [-0.39, 0.29) is 12.3 Å². The number of hydrogen-bond donors (Lipinski definition) is 1. The molecule has 5 nitrogen and oxygen atoms in total. The Morgan fingerprint density at radius 3 is 2.65 bits per heavy atom. The van der Waals surface area contributed by atoms with Crippen LogP contribution >= 0.6 is 0 Å². The zero-order valence-corrected chi connectivity index (χ0v) is 15.1. The fraction of sp³-hybridized carbons (Fsp3) is 0.238. The lowest BCUT2D eigenvalue weighted by Gasteiger charge is -2.04. The third kappa shape index (κ3) is 4.11. The van der Waals surface area contributed by atoms with E-state index < -0.39 is 0 Å². The molecular weight excluding hydrogens is 326 g/mol. The standard InChI is InChI=1S/C21H23N3O2/c1-3-24-15-17(19-7-5-6-8-20(19)24)14-22-23-21(25)13-16-9-11-18(12-10-16)26-4-2/h5-12,14-15H,3-4,13H2,1-2H3,(H,23,25)/b22-14-. The first-order valence-corrected chi connectivity index (χ1v) is 8.82. The number of amides is 1. The monoisotopic (exact) mass is 349 g/mol. The van der Waals surface area contributed by atoms with Crippen LogP contribution in [0.25, 0.3) is 10.9 Å². The molecule has 0 atom stereocenters. The first kappa shape index (κ1) is 17.7. The predicted octanol–water partition coefficient (Wildman–Crippen LogP) is 3.75. The molecule has 0 spiro atoms. The number of nitrogens with zero attached hydrogens (tertiary/aromatic N) is 2. The van der Waals surface area contributed by atoms with Crippen LogP contribution < -0.4 is 10.2 Å². The van der Waals surface area contributed by atoms with Gasteiger partial charge in [0, 0.05) is 29.2 Å². The van der Waals surface area contributed by atoms with Crippen molar-refractivity contribution in [2.75, 3.05) is 6.61 Å². The van der Waals surface area contributed by atoms with Gasteiger partial charge in [-0.2, -0.15) is 5.10 Å². The summed E-state index contributed by atoms with van der Waals surface area (Å²) in [6.45, 7) is 5.56. The minimum atomic E-state index is -0.148. The highest BCUT2D eigenvalue weighted by molar-refractivity contribution is 5.99. The van der Waals surface area contributed by atoms with Crippen molar-refractivity contribution in [3.05, 3.63) is 65.9 Å². The van der Waals surface area contributed by atoms with Gasteiger partial charge in [-0.25, -0.2) is 5.43 Å². The Bertz CT molecular complexity index is 911. The molecule has 0 bridgehead atoms. The SMILES string of the molecule is CCOc1ccc(CC(=O)N/N=C\c2cn(CC)c3ccccc23)cc1. The second-order valence-electron chi connectivity index (χ2n) is 5.93. The van der Waals surface area contributed by atoms with Gasteiger partial charge < -0.3 is 9.30 Å². The summed E-state index contributed by atoms with van der Waals surface area (Å²) in [7, 11) is 0. The van der Waals surface area contributed by atoms with E-state index in [1.807, 2.05) is 49.5 Å². The van der Waals surface area contributed by atoms with Crippen LogP contribution in [0.5, 0.6) is 5.75 Å². The van der Waals surface area contributed by atoms with Gasteiger partial charge in [-0.15, -0.1) is 0 Å². The van der Waals surface area contributed by atoms with Crippen LogP contribution in [0.2, 0.25) is 0 Å². The van der Waals surface area contributed by atoms with Crippen LogP contribution in [0.3, 0.4) is 0 Å². The Morgan fingerprint density at radius 1 is 1.15 bits per heavy atom. The van der Waals surface area contributed by atoms with Gasteiger partial charge in [0.2, 0.25) is 5.91 Å². The summed E-state index contributed by atoms with van der Waals surface area (Å²) in [5.74, 6) is 0.659. The second kappa shape index (κ2) is 8.34. The topological polar surface area (TPSA) is 55.6 Å². The quantitative estimate of drug-likeness (QED) is 0.522. The molecule has 1 heterocycles. The number of para-hydroxylation sites is 1. The van der Waals surface area contributed by atoms with Crippen LogP contribution in [0.15, 0.2) is 59.8 Å². The summed E-state index contributed by atoms with van der Waals surface area (Å²) in [5, 5.41) is 5.24. The number of hydrogen-bond acceptors (Lipinski definition) is 3. The molecule has 5 heteroatoms. The van der Waals surface area contributed by atoms with Crippen LogP contribution in [0.4, 0.5) is 0 Å². The number of rotatable bonds is 7. The molecule has 0 fully saturated rings. The van der Waals surface area contributed by atoms with Gasteiger partial charge in [0.05, 0.1) is 19.2 Å². The Labute approximate surface area is 153 Å². The molecule has 134 valence electrons. The van der Waals surface area contributed by atoms with E-state index in [1.54, 1.807) is 6.21 Å². The zero-order valence-electron chi connectivity index (χ0n) is 15.1. The molecule has 0 aliphatic heterocycles. The Hall–Kier alpha value is -3.08. The van der Waals surface area contributed by atoms with Crippen molar-refractivity contribution in [2.45, 2.75) is 26.8 Å². The lowest BCUT2D eigenvalue weighted by Crippen LogP contribution is -2.19. The van der Waals surface area contributed by atoms with Crippen molar-refractivity contribution in [1.82, 2.24) is 9.99 Å². The van der Waals surface area contributed by atoms with Crippen molar-refractivity contribution < 1.29 is 9.53 Å². The van der Waals surface area contributed by atoms with Crippen molar-refractivity contribution in [1.29, 1.82) is 0 Å². The van der Waals surface area contributed by atoms with E-state index in [0.29, 0.717) is 6.61 Å². The maximum absolute atomic E-state index is 12.1. The van der Waals surface area contributed by atoms with Crippen LogP contribution in [-0.2, 0) is 17.8 Å². The van der Waals surface area contributed by atoms with Gasteiger partial charge in [-0.05, 0) is 37.6 Å². The van der Waals surface area contributed by atoms with Crippen molar-refractivity contribution >= 4 is 23.0 Å². The smallest absolute Gasteiger partial charge is 0.244 e. The van der Waals surface area contributed by atoms with Gasteiger partial charge in [0.15, 0.2) is 0 Å². The first-order chi connectivity index (χ1) is 12.7.